The summed E-state index contributed by atoms with van der Waals surface area (Å²) in [6, 6.07) is 7.01. The molecule has 1 unspecified atom stereocenters. The van der Waals surface area contributed by atoms with Gasteiger partial charge in [-0.1, -0.05) is 25.1 Å². The van der Waals surface area contributed by atoms with Crippen LogP contribution in [-0.2, 0) is 4.57 Å². The number of hydrogen-bond acceptors (Lipinski definition) is 2. The van der Waals surface area contributed by atoms with E-state index in [9.17, 15) is 9.67 Å². The predicted octanol–water partition coefficient (Wildman–Crippen LogP) is 3.14. The molecule has 0 aliphatic carbocycles. The average molecular weight is 182 g/mol. The molecule has 3 heteroatoms. The molecule has 0 fully saturated rings. The Labute approximate surface area is 73.4 Å². The zero-order valence-electron chi connectivity index (χ0n) is 6.90. The van der Waals surface area contributed by atoms with E-state index in [1.165, 1.54) is 0 Å². The van der Waals surface area contributed by atoms with Gasteiger partial charge in [0.25, 0.3) is 0 Å². The molecular weight excluding hydrogens is 171 g/mol. The highest BCUT2D eigenvalue weighted by molar-refractivity contribution is 7.24. The minimum Gasteiger partial charge on any atom is -0.508 e. The van der Waals surface area contributed by atoms with Crippen LogP contribution < -0.4 is 0 Å². The van der Waals surface area contributed by atoms with Crippen molar-refractivity contribution in [1.82, 2.24) is 0 Å². The van der Waals surface area contributed by atoms with Crippen molar-refractivity contribution in [3.05, 3.63) is 29.8 Å². The van der Waals surface area contributed by atoms with Crippen LogP contribution in [-0.4, -0.2) is 5.11 Å². The highest BCUT2D eigenvalue weighted by Gasteiger charge is 2.11. The van der Waals surface area contributed by atoms with E-state index < -0.39 is 0 Å². The first-order valence-corrected chi connectivity index (χ1v) is 4.78. The summed E-state index contributed by atoms with van der Waals surface area (Å²) in [5.41, 5.74) is 0.683. The van der Waals surface area contributed by atoms with Crippen LogP contribution in [0, 0.1) is 0 Å². The van der Waals surface area contributed by atoms with Gasteiger partial charge in [0, 0.05) is 5.56 Å². The predicted molar refractivity (Wildman–Crippen MR) is 48.7 cm³/mol. The number of para-hydroxylation sites is 1. The van der Waals surface area contributed by atoms with Crippen molar-refractivity contribution in [3.63, 3.8) is 0 Å². The Bertz CT molecular complexity index is 273. The molecule has 1 aromatic rings. The molecule has 1 rings (SSSR count). The molecule has 64 valence electrons. The Morgan fingerprint density at radius 3 is 2.67 bits per heavy atom. The highest BCUT2D eigenvalue weighted by atomic mass is 31.1. The molecule has 0 aliphatic rings. The molecule has 0 amide bonds. The lowest BCUT2D eigenvalue weighted by Gasteiger charge is -2.07. The first-order valence-electron chi connectivity index (χ1n) is 3.90. The quantitative estimate of drug-likeness (QED) is 0.729. The van der Waals surface area contributed by atoms with Crippen molar-refractivity contribution >= 4 is 8.46 Å². The molecule has 0 aromatic heterocycles. The normalized spacial score (nSPS) is 13.1. The monoisotopic (exact) mass is 182 g/mol. The number of benzene rings is 1. The van der Waals surface area contributed by atoms with Crippen molar-refractivity contribution in [2.45, 2.75) is 19.0 Å². The molecule has 0 heterocycles. The maximum atomic E-state index is 10.7. The lowest BCUT2D eigenvalue weighted by atomic mass is 10.1. The molecule has 0 bridgehead atoms. The van der Waals surface area contributed by atoms with Gasteiger partial charge in [-0.15, -0.1) is 0 Å². The van der Waals surface area contributed by atoms with E-state index in [0.29, 0.717) is 0 Å². The lowest BCUT2D eigenvalue weighted by molar-refractivity contribution is 0.466. The topological polar surface area (TPSA) is 37.3 Å². The van der Waals surface area contributed by atoms with E-state index >= 15 is 0 Å². The summed E-state index contributed by atoms with van der Waals surface area (Å²) in [6.07, 6.45) is 0.766. The van der Waals surface area contributed by atoms with Crippen molar-refractivity contribution < 1.29 is 9.67 Å². The minimum atomic E-state index is -0.0776. The molecule has 1 atom stereocenters. The summed E-state index contributed by atoms with van der Waals surface area (Å²) in [6.45, 7) is 1.95. The van der Waals surface area contributed by atoms with Gasteiger partial charge in [-0.25, -0.2) is 0 Å². The van der Waals surface area contributed by atoms with Gasteiger partial charge in [0.05, 0.1) is 5.66 Å². The molecule has 2 nitrogen and oxygen atoms in total. The maximum Gasteiger partial charge on any atom is 0.163 e. The largest absolute Gasteiger partial charge is 0.508 e. The van der Waals surface area contributed by atoms with Crippen LogP contribution >= 0.6 is 8.46 Å². The number of rotatable bonds is 3. The highest BCUT2D eigenvalue weighted by Crippen LogP contribution is 2.35. The van der Waals surface area contributed by atoms with Crippen molar-refractivity contribution in [2.24, 2.45) is 0 Å². The van der Waals surface area contributed by atoms with Crippen LogP contribution in [0.1, 0.15) is 24.6 Å². The van der Waals surface area contributed by atoms with Crippen LogP contribution in [0.15, 0.2) is 24.3 Å². The molecule has 0 spiro atoms. The third-order valence-electron chi connectivity index (χ3n) is 1.81. The Hall–Kier alpha value is -0.880. The summed E-state index contributed by atoms with van der Waals surface area (Å²) in [7, 11) is 0.0700. The van der Waals surface area contributed by atoms with Gasteiger partial charge in [-0.05, 0) is 12.5 Å². The minimum absolute atomic E-state index is 0.0700. The molecule has 12 heavy (non-hydrogen) atoms. The van der Waals surface area contributed by atoms with E-state index in [2.05, 4.69) is 0 Å². The van der Waals surface area contributed by atoms with Gasteiger partial charge in [-0.3, -0.25) is 4.57 Å². The van der Waals surface area contributed by atoms with Gasteiger partial charge < -0.3 is 5.11 Å². The van der Waals surface area contributed by atoms with Crippen LogP contribution in [0.2, 0.25) is 0 Å². The summed E-state index contributed by atoms with van der Waals surface area (Å²) in [5.74, 6) is 0.229. The SMILES string of the molecule is CCC(P=O)c1ccccc1O. The smallest absolute Gasteiger partial charge is 0.163 e. The first-order chi connectivity index (χ1) is 5.79. The summed E-state index contributed by atoms with van der Waals surface area (Å²) < 4.78 is 10.7. The van der Waals surface area contributed by atoms with E-state index in [-0.39, 0.29) is 19.9 Å². The first kappa shape index (κ1) is 9.21. The number of phenols is 1. The van der Waals surface area contributed by atoms with E-state index in [4.69, 9.17) is 0 Å². The molecular formula is C9H11O2P. The number of aromatic hydroxyl groups is 1. The van der Waals surface area contributed by atoms with Gasteiger partial charge >= 0.3 is 0 Å². The fourth-order valence-electron chi connectivity index (χ4n) is 1.12. The summed E-state index contributed by atoms with van der Waals surface area (Å²) in [5, 5.41) is 9.40. The van der Waals surface area contributed by atoms with Gasteiger partial charge in [0.1, 0.15) is 5.75 Å². The van der Waals surface area contributed by atoms with Crippen LogP contribution in [0.5, 0.6) is 5.75 Å². The van der Waals surface area contributed by atoms with E-state index in [0.717, 1.165) is 12.0 Å². The standard InChI is InChI=1S/C9H11O2P/c1-2-9(12-11)7-5-3-4-6-8(7)10/h3-6,9-10H,2H2,1H3. The van der Waals surface area contributed by atoms with Gasteiger partial charge in [0.15, 0.2) is 8.46 Å². The Morgan fingerprint density at radius 1 is 1.50 bits per heavy atom. The van der Waals surface area contributed by atoms with Crippen LogP contribution in [0.3, 0.4) is 0 Å². The van der Waals surface area contributed by atoms with Crippen LogP contribution in [0.4, 0.5) is 0 Å². The molecule has 1 aromatic carbocycles. The number of phenolic OH excluding ortho intramolecular Hbond substituents is 1. The summed E-state index contributed by atoms with van der Waals surface area (Å²) in [4.78, 5) is 0. The fourth-order valence-corrected chi connectivity index (χ4v) is 1.60. The average Bonchev–Trinajstić information content (AvgIpc) is 2.10. The number of hydrogen-bond donors (Lipinski definition) is 1. The zero-order valence-corrected chi connectivity index (χ0v) is 7.79. The zero-order chi connectivity index (χ0) is 8.97. The van der Waals surface area contributed by atoms with Crippen molar-refractivity contribution in [2.75, 3.05) is 0 Å². The molecule has 0 saturated heterocycles. The fraction of sp³-hybridized carbons (Fsp3) is 0.333. The maximum absolute atomic E-state index is 10.7. The van der Waals surface area contributed by atoms with Gasteiger partial charge in [-0.2, -0.15) is 0 Å². The van der Waals surface area contributed by atoms with Crippen molar-refractivity contribution in [1.29, 1.82) is 0 Å². The second-order valence-corrected chi connectivity index (χ2v) is 3.42. The van der Waals surface area contributed by atoms with E-state index in [1.807, 2.05) is 13.0 Å². The van der Waals surface area contributed by atoms with Crippen LogP contribution in [0.25, 0.3) is 0 Å². The molecule has 0 saturated carbocycles. The Kier molecular flexibility index (Phi) is 3.24. The Morgan fingerprint density at radius 2 is 2.17 bits per heavy atom. The third-order valence-corrected chi connectivity index (χ3v) is 2.71. The second kappa shape index (κ2) is 4.22. The molecule has 0 radical (unpaired) electrons. The van der Waals surface area contributed by atoms with Gasteiger partial charge in [0.2, 0.25) is 0 Å². The van der Waals surface area contributed by atoms with Crippen molar-refractivity contribution in [3.8, 4) is 5.75 Å². The lowest BCUT2D eigenvalue weighted by Crippen LogP contribution is -1.87. The summed E-state index contributed by atoms with van der Waals surface area (Å²) >= 11 is 0. The third kappa shape index (κ3) is 1.83. The molecule has 0 aliphatic heterocycles. The van der Waals surface area contributed by atoms with E-state index in [1.54, 1.807) is 18.2 Å². The Balaban J connectivity index is 3.00. The second-order valence-electron chi connectivity index (χ2n) is 2.59. The molecule has 1 N–H and O–H groups in total.